The molecular weight excluding hydrogens is 568 g/mol. The summed E-state index contributed by atoms with van der Waals surface area (Å²) in [5.74, 6) is -0.0291. The van der Waals surface area contributed by atoms with Gasteiger partial charge in [0, 0.05) is 25.1 Å². The largest absolute Gasteiger partial charge is 0.497 e. The predicted molar refractivity (Wildman–Crippen MR) is 174 cm³/mol. The molecule has 4 aromatic rings. The van der Waals surface area contributed by atoms with E-state index in [0.29, 0.717) is 35.8 Å². The van der Waals surface area contributed by atoms with E-state index in [1.807, 2.05) is 61.5 Å². The number of carbonyl (C=O) groups is 3. The highest BCUT2D eigenvalue weighted by atomic mass is 16.5. The fourth-order valence-electron chi connectivity index (χ4n) is 4.83. The second-order valence-corrected chi connectivity index (χ2v) is 10.7. The molecule has 0 spiro atoms. The van der Waals surface area contributed by atoms with Gasteiger partial charge in [-0.25, -0.2) is 0 Å². The number of methoxy groups -OCH3 is 1. The molecule has 4 rings (SSSR count). The lowest BCUT2D eigenvalue weighted by atomic mass is 9.89. The van der Waals surface area contributed by atoms with Gasteiger partial charge < -0.3 is 31.2 Å². The molecule has 2 atom stereocenters. The number of ether oxygens (including phenoxy) is 2. The summed E-state index contributed by atoms with van der Waals surface area (Å²) in [5, 5.41) is 8.81. The van der Waals surface area contributed by atoms with Crippen LogP contribution in [0.3, 0.4) is 0 Å². The average molecular weight is 609 g/mol. The number of hydrogen-bond acceptors (Lipinski definition) is 6. The molecule has 4 aromatic carbocycles. The molecule has 3 amide bonds. The Kier molecular flexibility index (Phi) is 11.3. The summed E-state index contributed by atoms with van der Waals surface area (Å²) < 4.78 is 10.9. The van der Waals surface area contributed by atoms with Crippen molar-refractivity contribution in [2.75, 3.05) is 13.7 Å². The second-order valence-electron chi connectivity index (χ2n) is 10.7. The van der Waals surface area contributed by atoms with Crippen LogP contribution in [0.25, 0.3) is 0 Å². The maximum absolute atomic E-state index is 14.1. The summed E-state index contributed by atoms with van der Waals surface area (Å²) >= 11 is 0. The lowest BCUT2D eigenvalue weighted by molar-refractivity contribution is -0.134. The Morgan fingerprint density at radius 1 is 0.800 bits per heavy atom. The third kappa shape index (κ3) is 8.70. The Hall–Kier alpha value is -5.15. The van der Waals surface area contributed by atoms with Gasteiger partial charge in [0.15, 0.2) is 0 Å². The van der Waals surface area contributed by atoms with Gasteiger partial charge >= 0.3 is 0 Å². The van der Waals surface area contributed by atoms with Crippen LogP contribution in [0.5, 0.6) is 11.5 Å². The van der Waals surface area contributed by atoms with Crippen LogP contribution in [0.15, 0.2) is 103 Å². The van der Waals surface area contributed by atoms with Crippen molar-refractivity contribution in [2.24, 2.45) is 5.73 Å². The molecule has 0 saturated heterocycles. The summed E-state index contributed by atoms with van der Waals surface area (Å²) in [6.07, 6.45) is 0.185. The maximum Gasteiger partial charge on any atom is 0.251 e. The van der Waals surface area contributed by atoms with Crippen LogP contribution in [0.2, 0.25) is 0 Å². The van der Waals surface area contributed by atoms with Gasteiger partial charge in [-0.3, -0.25) is 14.4 Å². The van der Waals surface area contributed by atoms with Crippen molar-refractivity contribution in [3.8, 4) is 11.5 Å². The van der Waals surface area contributed by atoms with E-state index in [1.165, 1.54) is 0 Å². The molecular formula is C36H40N4O5. The van der Waals surface area contributed by atoms with E-state index in [4.69, 9.17) is 15.2 Å². The lowest BCUT2D eigenvalue weighted by Crippen LogP contribution is -2.59. The maximum atomic E-state index is 14.1. The topological polar surface area (TPSA) is 132 Å². The fourth-order valence-corrected chi connectivity index (χ4v) is 4.83. The molecule has 0 fully saturated rings. The molecule has 0 heterocycles. The second kappa shape index (κ2) is 15.5. The first-order valence-corrected chi connectivity index (χ1v) is 14.9. The Morgan fingerprint density at radius 3 is 2.00 bits per heavy atom. The quantitative estimate of drug-likeness (QED) is 0.169. The highest BCUT2D eigenvalue weighted by Gasteiger charge is 2.39. The zero-order valence-corrected chi connectivity index (χ0v) is 25.8. The van der Waals surface area contributed by atoms with Crippen LogP contribution in [-0.2, 0) is 34.6 Å². The van der Waals surface area contributed by atoms with Gasteiger partial charge in [-0.1, -0.05) is 66.7 Å². The van der Waals surface area contributed by atoms with Gasteiger partial charge in [0.05, 0.1) is 13.7 Å². The SMILES string of the molecule is CCOc1ccc(C[C@@H](NC(=O)c2ccccc2)C(=O)N[C@](C)(C(=O)NCc2ccc(CN)cc2)c2ccc(OC)cc2)cc1. The first-order valence-electron chi connectivity index (χ1n) is 14.9. The highest BCUT2D eigenvalue weighted by molar-refractivity contribution is 5.99. The third-order valence-corrected chi connectivity index (χ3v) is 7.54. The first kappa shape index (κ1) is 32.8. The van der Waals surface area contributed by atoms with Crippen molar-refractivity contribution >= 4 is 17.7 Å². The van der Waals surface area contributed by atoms with Gasteiger partial charge in [-0.15, -0.1) is 0 Å². The zero-order valence-electron chi connectivity index (χ0n) is 25.8. The molecule has 9 nitrogen and oxygen atoms in total. The van der Waals surface area contributed by atoms with E-state index >= 15 is 0 Å². The van der Waals surface area contributed by atoms with E-state index in [2.05, 4.69) is 16.0 Å². The van der Waals surface area contributed by atoms with Crippen LogP contribution in [0, 0.1) is 0 Å². The molecule has 45 heavy (non-hydrogen) atoms. The molecule has 0 bridgehead atoms. The Labute approximate surface area is 264 Å². The number of hydrogen-bond donors (Lipinski definition) is 4. The number of amides is 3. The summed E-state index contributed by atoms with van der Waals surface area (Å²) in [4.78, 5) is 41.2. The molecule has 0 aliphatic heterocycles. The van der Waals surface area contributed by atoms with E-state index in [-0.39, 0.29) is 13.0 Å². The summed E-state index contributed by atoms with van der Waals surface area (Å²) in [7, 11) is 1.56. The monoisotopic (exact) mass is 608 g/mol. The molecule has 0 radical (unpaired) electrons. The van der Waals surface area contributed by atoms with E-state index in [0.717, 1.165) is 16.7 Å². The molecule has 0 aromatic heterocycles. The average Bonchev–Trinajstić information content (AvgIpc) is 3.08. The van der Waals surface area contributed by atoms with E-state index in [9.17, 15) is 14.4 Å². The zero-order chi connectivity index (χ0) is 32.2. The minimum Gasteiger partial charge on any atom is -0.497 e. The van der Waals surface area contributed by atoms with Crippen molar-refractivity contribution in [2.45, 2.75) is 44.9 Å². The van der Waals surface area contributed by atoms with Crippen LogP contribution >= 0.6 is 0 Å². The number of benzene rings is 4. The van der Waals surface area contributed by atoms with Gasteiger partial charge in [0.2, 0.25) is 11.8 Å². The lowest BCUT2D eigenvalue weighted by Gasteiger charge is -2.32. The predicted octanol–water partition coefficient (Wildman–Crippen LogP) is 4.24. The van der Waals surface area contributed by atoms with Crippen LogP contribution in [0.4, 0.5) is 0 Å². The Bertz CT molecular complexity index is 1560. The van der Waals surface area contributed by atoms with Crippen molar-refractivity contribution < 1.29 is 23.9 Å². The standard InChI is InChI=1S/C36H40N4O5/c1-4-45-31-18-14-25(15-19-31)22-32(39-33(41)28-8-6-5-7-9-28)34(42)40-36(2,29-16-20-30(44-3)21-17-29)35(43)38-24-27-12-10-26(23-37)11-13-27/h5-21,32H,4,22-24,37H2,1-3H3,(H,38,43)(H,39,41)(H,40,42)/t32-,36+/m1/s1. The van der Waals surface area contributed by atoms with Gasteiger partial charge in [-0.2, -0.15) is 0 Å². The van der Waals surface area contributed by atoms with Gasteiger partial charge in [-0.05, 0) is 72.5 Å². The van der Waals surface area contributed by atoms with E-state index < -0.39 is 29.3 Å². The van der Waals surface area contributed by atoms with Crippen molar-refractivity contribution in [1.29, 1.82) is 0 Å². The van der Waals surface area contributed by atoms with Crippen molar-refractivity contribution in [3.05, 3.63) is 131 Å². The van der Waals surface area contributed by atoms with Crippen LogP contribution < -0.4 is 31.2 Å². The molecule has 0 aliphatic rings. The molecule has 234 valence electrons. The Morgan fingerprint density at radius 2 is 1.40 bits per heavy atom. The number of nitrogens with one attached hydrogen (secondary N) is 3. The normalized spacial score (nSPS) is 12.7. The van der Waals surface area contributed by atoms with Crippen molar-refractivity contribution in [3.63, 3.8) is 0 Å². The first-order chi connectivity index (χ1) is 21.7. The van der Waals surface area contributed by atoms with E-state index in [1.54, 1.807) is 62.6 Å². The molecule has 0 aliphatic carbocycles. The van der Waals surface area contributed by atoms with Gasteiger partial charge in [0.25, 0.3) is 5.91 Å². The number of carbonyl (C=O) groups excluding carboxylic acids is 3. The molecule has 5 N–H and O–H groups in total. The minimum atomic E-state index is -1.49. The highest BCUT2D eigenvalue weighted by Crippen LogP contribution is 2.25. The summed E-state index contributed by atoms with van der Waals surface area (Å²) in [5.41, 5.74) is 7.86. The summed E-state index contributed by atoms with van der Waals surface area (Å²) in [6.45, 7) is 4.74. The molecule has 9 heteroatoms. The number of nitrogens with two attached hydrogens (primary N) is 1. The third-order valence-electron chi connectivity index (χ3n) is 7.54. The van der Waals surface area contributed by atoms with Crippen LogP contribution in [-0.4, -0.2) is 37.5 Å². The smallest absolute Gasteiger partial charge is 0.251 e. The molecule has 0 saturated carbocycles. The van der Waals surface area contributed by atoms with Crippen LogP contribution in [0.1, 0.15) is 46.5 Å². The summed E-state index contributed by atoms with van der Waals surface area (Å²) in [6, 6.07) is 29.6. The number of rotatable bonds is 14. The van der Waals surface area contributed by atoms with Gasteiger partial charge in [0.1, 0.15) is 23.1 Å². The minimum absolute atomic E-state index is 0.185. The Balaban J connectivity index is 1.62. The van der Waals surface area contributed by atoms with Crippen molar-refractivity contribution in [1.82, 2.24) is 16.0 Å². The molecule has 0 unspecified atom stereocenters. The fraction of sp³-hybridized carbons (Fsp3) is 0.250.